The van der Waals surface area contributed by atoms with E-state index < -0.39 is 5.92 Å². The molecular formula is C19H19ClN2O3. The predicted molar refractivity (Wildman–Crippen MR) is 96.8 cm³/mol. The van der Waals surface area contributed by atoms with E-state index in [2.05, 4.69) is 5.32 Å². The van der Waals surface area contributed by atoms with Gasteiger partial charge in [0.2, 0.25) is 11.8 Å². The van der Waals surface area contributed by atoms with Gasteiger partial charge in [0.1, 0.15) is 11.7 Å². The van der Waals surface area contributed by atoms with Gasteiger partial charge in [-0.25, -0.2) is 0 Å². The molecule has 1 saturated heterocycles. The van der Waals surface area contributed by atoms with Crippen molar-refractivity contribution in [1.29, 1.82) is 0 Å². The van der Waals surface area contributed by atoms with Crippen molar-refractivity contribution >= 4 is 29.1 Å². The molecule has 0 unspecified atom stereocenters. The van der Waals surface area contributed by atoms with Crippen LogP contribution in [0, 0.1) is 5.92 Å². The lowest BCUT2D eigenvalue weighted by Gasteiger charge is -2.17. The highest BCUT2D eigenvalue weighted by Crippen LogP contribution is 2.26. The highest BCUT2D eigenvalue weighted by atomic mass is 35.5. The van der Waals surface area contributed by atoms with E-state index in [0.717, 1.165) is 17.0 Å². The number of benzene rings is 2. The van der Waals surface area contributed by atoms with Gasteiger partial charge in [-0.2, -0.15) is 0 Å². The lowest BCUT2D eigenvalue weighted by atomic mass is 10.1. The molecule has 0 bridgehead atoms. The Kier molecular flexibility index (Phi) is 5.24. The Bertz CT molecular complexity index is 776. The second-order valence-corrected chi connectivity index (χ2v) is 6.31. The van der Waals surface area contributed by atoms with Gasteiger partial charge in [-0.15, -0.1) is 0 Å². The molecule has 1 fully saturated rings. The fourth-order valence-corrected chi connectivity index (χ4v) is 3.02. The summed E-state index contributed by atoms with van der Waals surface area (Å²) in [5.41, 5.74) is 1.69. The number of anilines is 1. The maximum absolute atomic E-state index is 12.6. The summed E-state index contributed by atoms with van der Waals surface area (Å²) >= 11 is 5.88. The number of halogens is 1. The molecule has 0 aliphatic carbocycles. The van der Waals surface area contributed by atoms with Gasteiger partial charge in [0.25, 0.3) is 0 Å². The lowest BCUT2D eigenvalue weighted by molar-refractivity contribution is -0.132. The van der Waals surface area contributed by atoms with Crippen molar-refractivity contribution in [2.24, 2.45) is 5.92 Å². The van der Waals surface area contributed by atoms with Crippen molar-refractivity contribution in [3.05, 3.63) is 59.1 Å². The van der Waals surface area contributed by atoms with Crippen molar-refractivity contribution in [1.82, 2.24) is 5.32 Å². The molecule has 1 aliphatic heterocycles. The van der Waals surface area contributed by atoms with Crippen molar-refractivity contribution in [2.75, 3.05) is 18.6 Å². The smallest absolute Gasteiger partial charge is 0.239 e. The van der Waals surface area contributed by atoms with Gasteiger partial charge in [0, 0.05) is 23.8 Å². The number of nitrogens with zero attached hydrogens (tertiary/aromatic N) is 1. The molecule has 0 radical (unpaired) electrons. The molecule has 1 atom stereocenters. The van der Waals surface area contributed by atoms with Crippen LogP contribution in [0.5, 0.6) is 5.75 Å². The zero-order chi connectivity index (χ0) is 17.8. The summed E-state index contributed by atoms with van der Waals surface area (Å²) in [5.74, 6) is -0.339. The number of rotatable bonds is 5. The topological polar surface area (TPSA) is 58.6 Å². The molecule has 6 heteroatoms. The molecule has 2 amide bonds. The standard InChI is InChI=1S/C19H19ClN2O3/c1-25-16-4-2-3-13(11-16)12-21-18(23)17-9-10-22(19(17)24)15-7-5-14(20)6-8-15/h2-8,11,17H,9-10,12H2,1H3,(H,21,23)/t17-/m1/s1. The Hall–Kier alpha value is -2.53. The highest BCUT2D eigenvalue weighted by Gasteiger charge is 2.37. The summed E-state index contributed by atoms with van der Waals surface area (Å²) < 4.78 is 5.17. The number of carbonyl (C=O) groups is 2. The first kappa shape index (κ1) is 17.3. The molecule has 2 aromatic carbocycles. The first-order chi connectivity index (χ1) is 12.1. The van der Waals surface area contributed by atoms with E-state index >= 15 is 0 Å². The van der Waals surface area contributed by atoms with Crippen LogP contribution in [-0.2, 0) is 16.1 Å². The quantitative estimate of drug-likeness (QED) is 0.836. The third-order valence-electron chi connectivity index (χ3n) is 4.26. The van der Waals surface area contributed by atoms with E-state index in [4.69, 9.17) is 16.3 Å². The van der Waals surface area contributed by atoms with E-state index in [0.29, 0.717) is 24.5 Å². The number of ether oxygens (including phenoxy) is 1. The summed E-state index contributed by atoms with van der Waals surface area (Å²) in [6.07, 6.45) is 0.505. The van der Waals surface area contributed by atoms with Crippen molar-refractivity contribution in [3.8, 4) is 5.75 Å². The maximum Gasteiger partial charge on any atom is 0.239 e. The van der Waals surface area contributed by atoms with Crippen LogP contribution >= 0.6 is 11.6 Å². The van der Waals surface area contributed by atoms with E-state index in [9.17, 15) is 9.59 Å². The fourth-order valence-electron chi connectivity index (χ4n) is 2.90. The number of nitrogens with one attached hydrogen (secondary N) is 1. The van der Waals surface area contributed by atoms with E-state index in [1.54, 1.807) is 36.3 Å². The minimum absolute atomic E-state index is 0.175. The third kappa shape index (κ3) is 3.94. The van der Waals surface area contributed by atoms with Gasteiger partial charge in [0.15, 0.2) is 0 Å². The number of hydrogen-bond donors (Lipinski definition) is 1. The highest BCUT2D eigenvalue weighted by molar-refractivity contribution is 6.30. The van der Waals surface area contributed by atoms with Crippen LogP contribution in [0.1, 0.15) is 12.0 Å². The Balaban J connectivity index is 1.61. The van der Waals surface area contributed by atoms with E-state index in [-0.39, 0.29) is 11.8 Å². The summed E-state index contributed by atoms with van der Waals surface area (Å²) in [6.45, 7) is 0.887. The third-order valence-corrected chi connectivity index (χ3v) is 4.51. The van der Waals surface area contributed by atoms with Crippen LogP contribution in [0.15, 0.2) is 48.5 Å². The van der Waals surface area contributed by atoms with Crippen molar-refractivity contribution in [2.45, 2.75) is 13.0 Å². The largest absolute Gasteiger partial charge is 0.497 e. The molecule has 25 heavy (non-hydrogen) atoms. The van der Waals surface area contributed by atoms with Crippen LogP contribution in [0.4, 0.5) is 5.69 Å². The average molecular weight is 359 g/mol. The van der Waals surface area contributed by atoms with Gasteiger partial charge in [0.05, 0.1) is 7.11 Å². The Labute approximate surface area is 151 Å². The van der Waals surface area contributed by atoms with Crippen LogP contribution < -0.4 is 15.0 Å². The van der Waals surface area contributed by atoms with Gasteiger partial charge < -0.3 is 15.0 Å². The van der Waals surface area contributed by atoms with Gasteiger partial charge in [-0.05, 0) is 48.4 Å². The zero-order valence-corrected chi connectivity index (χ0v) is 14.6. The number of amides is 2. The lowest BCUT2D eigenvalue weighted by Crippen LogP contribution is -2.36. The summed E-state index contributed by atoms with van der Waals surface area (Å²) in [7, 11) is 1.60. The molecule has 130 valence electrons. The average Bonchev–Trinajstić information content (AvgIpc) is 3.02. The number of carbonyl (C=O) groups excluding carboxylic acids is 2. The Morgan fingerprint density at radius 1 is 1.28 bits per heavy atom. The van der Waals surface area contributed by atoms with Crippen LogP contribution in [-0.4, -0.2) is 25.5 Å². The second kappa shape index (κ2) is 7.57. The van der Waals surface area contributed by atoms with Crippen molar-refractivity contribution < 1.29 is 14.3 Å². The van der Waals surface area contributed by atoms with Gasteiger partial charge in [-0.3, -0.25) is 9.59 Å². The molecule has 0 saturated carbocycles. The maximum atomic E-state index is 12.6. The molecule has 0 aromatic heterocycles. The monoisotopic (exact) mass is 358 g/mol. The molecular weight excluding hydrogens is 340 g/mol. The predicted octanol–water partition coefficient (Wildman–Crippen LogP) is 3.02. The van der Waals surface area contributed by atoms with Crippen LogP contribution in [0.2, 0.25) is 5.02 Å². The zero-order valence-electron chi connectivity index (χ0n) is 13.9. The minimum atomic E-state index is -0.652. The normalized spacial score (nSPS) is 16.8. The number of methoxy groups -OCH3 is 1. The van der Waals surface area contributed by atoms with E-state index in [1.807, 2.05) is 24.3 Å². The first-order valence-corrected chi connectivity index (χ1v) is 8.44. The summed E-state index contributed by atoms with van der Waals surface area (Å²) in [5, 5.41) is 3.45. The molecule has 1 N–H and O–H groups in total. The Morgan fingerprint density at radius 2 is 2.04 bits per heavy atom. The molecule has 3 rings (SSSR count). The molecule has 0 spiro atoms. The minimum Gasteiger partial charge on any atom is -0.497 e. The van der Waals surface area contributed by atoms with Gasteiger partial charge >= 0.3 is 0 Å². The van der Waals surface area contributed by atoms with Crippen LogP contribution in [0.25, 0.3) is 0 Å². The SMILES string of the molecule is COc1cccc(CNC(=O)[C@H]2CCN(c3ccc(Cl)cc3)C2=O)c1. The molecule has 2 aromatic rings. The molecule has 5 nitrogen and oxygen atoms in total. The second-order valence-electron chi connectivity index (χ2n) is 5.88. The van der Waals surface area contributed by atoms with E-state index in [1.165, 1.54) is 0 Å². The summed E-state index contributed by atoms with van der Waals surface area (Å²) in [6, 6.07) is 14.5. The fraction of sp³-hybridized carbons (Fsp3) is 0.263. The van der Waals surface area contributed by atoms with Crippen LogP contribution in [0.3, 0.4) is 0 Å². The summed E-state index contributed by atoms with van der Waals surface area (Å²) in [4.78, 5) is 26.6. The Morgan fingerprint density at radius 3 is 2.76 bits per heavy atom. The molecule has 1 aliphatic rings. The van der Waals surface area contributed by atoms with Gasteiger partial charge in [-0.1, -0.05) is 23.7 Å². The van der Waals surface area contributed by atoms with Crippen molar-refractivity contribution in [3.63, 3.8) is 0 Å². The first-order valence-electron chi connectivity index (χ1n) is 8.06. The molecule has 1 heterocycles. The number of hydrogen-bond acceptors (Lipinski definition) is 3.